The molecule has 558 valence electrons. The molecule has 3 N–H and O–H groups in total. The number of hydrogen-bond acceptors (Lipinski definition) is 15. The van der Waals surface area contributed by atoms with Crippen LogP contribution in [0.25, 0.3) is 0 Å². The molecule has 0 aromatic carbocycles. The van der Waals surface area contributed by atoms with E-state index in [9.17, 15) is 43.2 Å². The third-order valence-electron chi connectivity index (χ3n) is 17.4. The van der Waals surface area contributed by atoms with Crippen molar-refractivity contribution in [1.82, 2.24) is 0 Å². The van der Waals surface area contributed by atoms with Crippen LogP contribution < -0.4 is 0 Å². The minimum Gasteiger partial charge on any atom is -0.462 e. The fourth-order valence-electron chi connectivity index (χ4n) is 11.4. The van der Waals surface area contributed by atoms with Gasteiger partial charge in [-0.2, -0.15) is 0 Å². The van der Waals surface area contributed by atoms with Crippen molar-refractivity contribution >= 4 is 39.5 Å². The van der Waals surface area contributed by atoms with Crippen LogP contribution in [0.2, 0.25) is 0 Å². The van der Waals surface area contributed by atoms with Crippen molar-refractivity contribution in [2.45, 2.75) is 401 Å². The molecule has 0 aromatic rings. The van der Waals surface area contributed by atoms with Crippen molar-refractivity contribution in [1.29, 1.82) is 0 Å². The van der Waals surface area contributed by atoms with Gasteiger partial charge in [0.15, 0.2) is 12.2 Å². The summed E-state index contributed by atoms with van der Waals surface area (Å²) in [7, 11) is -9.91. The number of phosphoric acid groups is 2. The van der Waals surface area contributed by atoms with E-state index in [1.54, 1.807) is 0 Å². The number of aliphatic hydroxyl groups excluding tert-OH is 1. The van der Waals surface area contributed by atoms with Crippen LogP contribution in [-0.2, 0) is 65.4 Å². The highest BCUT2D eigenvalue weighted by atomic mass is 31.2. The summed E-state index contributed by atoms with van der Waals surface area (Å²) in [5.41, 5.74) is 0. The Morgan fingerprint density at radius 3 is 0.723 bits per heavy atom. The van der Waals surface area contributed by atoms with Gasteiger partial charge >= 0.3 is 39.5 Å². The molecule has 17 nitrogen and oxygen atoms in total. The number of phosphoric ester groups is 2. The maximum absolute atomic E-state index is 13.1. The molecule has 0 aromatic heterocycles. The fourth-order valence-corrected chi connectivity index (χ4v) is 13.0. The topological polar surface area (TPSA) is 237 Å². The van der Waals surface area contributed by atoms with Crippen LogP contribution in [0.1, 0.15) is 382 Å². The summed E-state index contributed by atoms with van der Waals surface area (Å²) >= 11 is 0. The van der Waals surface area contributed by atoms with E-state index < -0.39 is 97.5 Å². The Bertz CT molecular complexity index is 1840. The predicted molar refractivity (Wildman–Crippen MR) is 381 cm³/mol. The molecule has 0 radical (unpaired) electrons. The Morgan fingerprint density at radius 1 is 0.287 bits per heavy atom. The van der Waals surface area contributed by atoms with Crippen LogP contribution in [0, 0.1) is 17.8 Å². The molecule has 0 saturated carbocycles. The summed E-state index contributed by atoms with van der Waals surface area (Å²) in [6, 6.07) is 0. The molecule has 94 heavy (non-hydrogen) atoms. The van der Waals surface area contributed by atoms with Gasteiger partial charge in [0.1, 0.15) is 19.3 Å². The van der Waals surface area contributed by atoms with Crippen molar-refractivity contribution < 1.29 is 80.2 Å². The lowest BCUT2D eigenvalue weighted by atomic mass is 10.0. The molecule has 19 heteroatoms. The number of esters is 4. The van der Waals surface area contributed by atoms with Crippen molar-refractivity contribution in [3.8, 4) is 0 Å². The van der Waals surface area contributed by atoms with Crippen LogP contribution in [0.3, 0.4) is 0 Å². The van der Waals surface area contributed by atoms with E-state index in [1.807, 2.05) is 0 Å². The van der Waals surface area contributed by atoms with Crippen LogP contribution in [0.15, 0.2) is 0 Å². The first-order valence-electron chi connectivity index (χ1n) is 38.8. The van der Waals surface area contributed by atoms with Gasteiger partial charge in [0.05, 0.1) is 26.4 Å². The first-order valence-corrected chi connectivity index (χ1v) is 41.8. The second-order valence-corrected chi connectivity index (χ2v) is 31.4. The normalized spacial score (nSPS) is 14.1. The molecular formula is C75H146O17P2. The van der Waals surface area contributed by atoms with Crippen molar-refractivity contribution in [2.75, 3.05) is 39.6 Å². The predicted octanol–water partition coefficient (Wildman–Crippen LogP) is 21.8. The maximum atomic E-state index is 13.1. The smallest absolute Gasteiger partial charge is 0.462 e. The lowest BCUT2D eigenvalue weighted by molar-refractivity contribution is -0.161. The number of unbranched alkanes of at least 4 members (excludes halogenated alkanes) is 41. The molecule has 2 unspecified atom stereocenters. The van der Waals surface area contributed by atoms with Crippen LogP contribution in [0.5, 0.6) is 0 Å². The van der Waals surface area contributed by atoms with Crippen LogP contribution >= 0.6 is 15.6 Å². The van der Waals surface area contributed by atoms with Gasteiger partial charge in [0.25, 0.3) is 0 Å². The number of rotatable bonds is 73. The second-order valence-electron chi connectivity index (χ2n) is 28.5. The highest BCUT2D eigenvalue weighted by Crippen LogP contribution is 2.45. The third kappa shape index (κ3) is 68.6. The molecule has 0 bridgehead atoms. The van der Waals surface area contributed by atoms with E-state index in [0.717, 1.165) is 108 Å². The molecule has 5 atom stereocenters. The molecule has 0 rings (SSSR count). The van der Waals surface area contributed by atoms with Crippen LogP contribution in [-0.4, -0.2) is 96.7 Å². The number of ether oxygens (including phenoxy) is 4. The van der Waals surface area contributed by atoms with E-state index in [2.05, 4.69) is 48.5 Å². The van der Waals surface area contributed by atoms with Gasteiger partial charge in [-0.25, -0.2) is 9.13 Å². The zero-order valence-electron chi connectivity index (χ0n) is 61.4. The quantitative estimate of drug-likeness (QED) is 0.0222. The minimum absolute atomic E-state index is 0.105. The molecule has 0 spiro atoms. The highest BCUT2D eigenvalue weighted by Gasteiger charge is 2.30. The van der Waals surface area contributed by atoms with Gasteiger partial charge in [-0.05, 0) is 43.4 Å². The highest BCUT2D eigenvalue weighted by molar-refractivity contribution is 7.47. The van der Waals surface area contributed by atoms with Gasteiger partial charge in [0.2, 0.25) is 0 Å². The van der Waals surface area contributed by atoms with Crippen molar-refractivity contribution in [3.63, 3.8) is 0 Å². The fraction of sp³-hybridized carbons (Fsp3) is 0.947. The Kier molecular flexibility index (Phi) is 64.3. The first-order chi connectivity index (χ1) is 45.2. The molecule has 0 fully saturated rings. The summed E-state index contributed by atoms with van der Waals surface area (Å²) in [6.45, 7) is 11.8. The molecule has 0 aliphatic rings. The van der Waals surface area contributed by atoms with E-state index in [4.69, 9.17) is 37.0 Å². The summed E-state index contributed by atoms with van der Waals surface area (Å²) in [4.78, 5) is 72.7. The van der Waals surface area contributed by atoms with Gasteiger partial charge in [0, 0.05) is 25.7 Å². The Balaban J connectivity index is 5.21. The number of aliphatic hydroxyl groups is 1. The average Bonchev–Trinajstić information content (AvgIpc) is 1.82. The molecule has 0 aliphatic heterocycles. The van der Waals surface area contributed by atoms with Crippen molar-refractivity contribution in [2.24, 2.45) is 17.8 Å². The van der Waals surface area contributed by atoms with Gasteiger partial charge in [-0.3, -0.25) is 37.3 Å². The molecular weight excluding hydrogens is 1230 g/mol. The number of hydrogen-bond donors (Lipinski definition) is 3. The maximum Gasteiger partial charge on any atom is 0.472 e. The van der Waals surface area contributed by atoms with E-state index in [0.29, 0.717) is 31.6 Å². The monoisotopic (exact) mass is 1380 g/mol. The lowest BCUT2D eigenvalue weighted by Gasteiger charge is -2.21. The summed E-state index contributed by atoms with van der Waals surface area (Å²) in [5, 5.41) is 10.6. The van der Waals surface area contributed by atoms with Crippen LogP contribution in [0.4, 0.5) is 0 Å². The van der Waals surface area contributed by atoms with E-state index in [1.165, 1.54) is 186 Å². The number of carbonyl (C=O) groups is 4. The zero-order valence-corrected chi connectivity index (χ0v) is 63.2. The molecule has 0 amide bonds. The zero-order chi connectivity index (χ0) is 69.4. The molecule has 0 aliphatic carbocycles. The first kappa shape index (κ1) is 92.1. The Hall–Kier alpha value is -1.94. The average molecular weight is 1380 g/mol. The molecule has 0 heterocycles. The SMILES string of the molecule is CCCCCCCCCCCCC(=O)O[C@H](COC(=O)CCCCCCCCC(C)C)COP(=O)(O)OC[C@H](O)COP(=O)(O)OC[C@@H](COC(=O)CCCCCCCCCCCCCCCCC(C)C)OC(=O)CCCCCCCCCCCCCCCCCC(C)C. The Morgan fingerprint density at radius 2 is 0.489 bits per heavy atom. The van der Waals surface area contributed by atoms with Gasteiger partial charge in [-0.1, -0.05) is 331 Å². The van der Waals surface area contributed by atoms with Gasteiger partial charge < -0.3 is 33.8 Å². The summed E-state index contributed by atoms with van der Waals surface area (Å²) in [5.74, 6) is 0.161. The lowest BCUT2D eigenvalue weighted by Crippen LogP contribution is -2.30. The number of carbonyl (C=O) groups excluding carboxylic acids is 4. The van der Waals surface area contributed by atoms with E-state index in [-0.39, 0.29) is 25.7 Å². The summed E-state index contributed by atoms with van der Waals surface area (Å²) in [6.07, 6.45) is 51.5. The second kappa shape index (κ2) is 65.7. The molecule has 0 saturated heterocycles. The van der Waals surface area contributed by atoms with Gasteiger partial charge in [-0.15, -0.1) is 0 Å². The Labute approximate surface area is 575 Å². The third-order valence-corrected chi connectivity index (χ3v) is 19.3. The van der Waals surface area contributed by atoms with E-state index >= 15 is 0 Å². The summed E-state index contributed by atoms with van der Waals surface area (Å²) < 4.78 is 68.4. The van der Waals surface area contributed by atoms with Crippen molar-refractivity contribution in [3.05, 3.63) is 0 Å². The standard InChI is InChI=1S/C75H146O17P2/c1-8-9-10-11-12-13-29-35-44-51-58-74(79)92-71(63-86-73(78)57-50-43-38-37-41-48-55-68(6)7)65-90-94(83,84)88-61-69(76)60-87-93(81,82)89-64-70(62-85-72(77)56-49-42-34-30-25-21-18-17-20-24-28-33-40-47-54-67(4)5)91-75(80)59-52-45-36-31-26-22-16-14-15-19-23-27-32-39-46-53-66(2)3/h66-71,76H,8-65H2,1-7H3,(H,81,82)(H,83,84)/t69-,70-,71-/m1/s1. The largest absolute Gasteiger partial charge is 0.472 e. The minimum atomic E-state index is -4.96.